The van der Waals surface area contributed by atoms with Gasteiger partial charge in [0.2, 0.25) is 0 Å². The van der Waals surface area contributed by atoms with E-state index in [0.717, 1.165) is 4.47 Å². The number of fused-ring (bicyclic) bond motifs is 10. The molecule has 0 atom stereocenters. The molecule has 1 N–H and O–H groups in total. The molecule has 0 aliphatic heterocycles. The van der Waals surface area contributed by atoms with Gasteiger partial charge in [-0.15, -0.1) is 0 Å². The van der Waals surface area contributed by atoms with Gasteiger partial charge in [-0.25, -0.2) is 0 Å². The molecule has 1 heterocycles. The minimum Gasteiger partial charge on any atom is -0.354 e. The number of benzene rings is 5. The Morgan fingerprint density at radius 1 is 0.577 bits per heavy atom. The fourth-order valence-corrected chi connectivity index (χ4v) is 4.69. The Labute approximate surface area is 158 Å². The van der Waals surface area contributed by atoms with Gasteiger partial charge < -0.3 is 4.98 Å². The van der Waals surface area contributed by atoms with E-state index in [9.17, 15) is 0 Å². The van der Waals surface area contributed by atoms with Crippen LogP contribution in [0.5, 0.6) is 0 Å². The lowest BCUT2D eigenvalue weighted by atomic mass is 9.93. The number of rotatable bonds is 0. The maximum absolute atomic E-state index is 3.71. The smallest absolute Gasteiger partial charge is 0.0557 e. The first kappa shape index (κ1) is 14.3. The molecule has 0 radical (unpaired) electrons. The molecule has 1 nitrogen and oxygen atoms in total. The Morgan fingerprint density at radius 3 is 2.15 bits per heavy atom. The Hall–Kier alpha value is -2.84. The highest BCUT2D eigenvalue weighted by molar-refractivity contribution is 9.10. The lowest BCUT2D eigenvalue weighted by molar-refractivity contribution is 1.56. The van der Waals surface area contributed by atoms with Crippen LogP contribution in [-0.4, -0.2) is 4.98 Å². The number of halogens is 1. The second-order valence-corrected chi connectivity index (χ2v) is 7.74. The highest BCUT2D eigenvalue weighted by Gasteiger charge is 2.15. The minimum absolute atomic E-state index is 1.10. The molecular weight excluding hydrogens is 382 g/mol. The molecule has 0 saturated heterocycles. The van der Waals surface area contributed by atoms with Gasteiger partial charge in [0.05, 0.1) is 5.52 Å². The number of aromatic amines is 1. The number of hydrogen-bond acceptors (Lipinski definition) is 0. The summed E-state index contributed by atoms with van der Waals surface area (Å²) in [5, 5.41) is 10.4. The molecular formula is C24H14BrN. The van der Waals surface area contributed by atoms with Crippen LogP contribution in [0.25, 0.3) is 54.1 Å². The quantitative estimate of drug-likeness (QED) is 0.255. The van der Waals surface area contributed by atoms with Gasteiger partial charge in [-0.3, -0.25) is 0 Å². The van der Waals surface area contributed by atoms with Gasteiger partial charge in [-0.1, -0.05) is 76.6 Å². The van der Waals surface area contributed by atoms with Crippen molar-refractivity contribution in [1.29, 1.82) is 0 Å². The van der Waals surface area contributed by atoms with Crippen molar-refractivity contribution in [2.24, 2.45) is 0 Å². The highest BCUT2D eigenvalue weighted by Crippen LogP contribution is 2.41. The molecule has 26 heavy (non-hydrogen) atoms. The summed E-state index contributed by atoms with van der Waals surface area (Å²) in [4.78, 5) is 3.71. The predicted molar refractivity (Wildman–Crippen MR) is 116 cm³/mol. The lowest BCUT2D eigenvalue weighted by Gasteiger charge is -2.10. The van der Waals surface area contributed by atoms with Crippen LogP contribution in [0, 0.1) is 0 Å². The van der Waals surface area contributed by atoms with Crippen molar-refractivity contribution in [3.05, 3.63) is 83.3 Å². The highest BCUT2D eigenvalue weighted by atomic mass is 79.9. The monoisotopic (exact) mass is 395 g/mol. The van der Waals surface area contributed by atoms with Gasteiger partial charge in [0.15, 0.2) is 0 Å². The largest absolute Gasteiger partial charge is 0.354 e. The second-order valence-electron chi connectivity index (χ2n) is 6.82. The van der Waals surface area contributed by atoms with Crippen LogP contribution in [0.3, 0.4) is 0 Å². The van der Waals surface area contributed by atoms with E-state index in [1.54, 1.807) is 0 Å². The summed E-state index contributed by atoms with van der Waals surface area (Å²) in [5.41, 5.74) is 2.40. The summed E-state index contributed by atoms with van der Waals surface area (Å²) in [6, 6.07) is 28.4. The fraction of sp³-hybridized carbons (Fsp3) is 0. The molecule has 5 aromatic carbocycles. The number of aromatic nitrogens is 1. The molecule has 0 unspecified atom stereocenters. The molecule has 0 fully saturated rings. The first-order valence-electron chi connectivity index (χ1n) is 8.74. The number of hydrogen-bond donors (Lipinski definition) is 1. The second kappa shape index (κ2) is 5.09. The summed E-state index contributed by atoms with van der Waals surface area (Å²) in [5.74, 6) is 0. The van der Waals surface area contributed by atoms with Crippen LogP contribution >= 0.6 is 15.9 Å². The zero-order chi connectivity index (χ0) is 17.3. The van der Waals surface area contributed by atoms with E-state index < -0.39 is 0 Å². The Kier molecular flexibility index (Phi) is 2.81. The van der Waals surface area contributed by atoms with Crippen molar-refractivity contribution in [3.8, 4) is 0 Å². The van der Waals surface area contributed by atoms with E-state index in [1.165, 1.54) is 54.1 Å². The number of H-pyrrole nitrogens is 1. The molecule has 122 valence electrons. The molecule has 0 bridgehead atoms. The zero-order valence-electron chi connectivity index (χ0n) is 13.9. The van der Waals surface area contributed by atoms with E-state index in [4.69, 9.17) is 0 Å². The topological polar surface area (TPSA) is 15.8 Å². The van der Waals surface area contributed by atoms with Crippen LogP contribution < -0.4 is 0 Å². The van der Waals surface area contributed by atoms with Gasteiger partial charge in [-0.2, -0.15) is 0 Å². The minimum atomic E-state index is 1.10. The maximum atomic E-state index is 3.71. The van der Waals surface area contributed by atoms with Gasteiger partial charge in [-0.05, 0) is 45.1 Å². The van der Waals surface area contributed by atoms with E-state index in [0.29, 0.717) is 0 Å². The molecule has 2 heteroatoms. The van der Waals surface area contributed by atoms with E-state index in [-0.39, 0.29) is 0 Å². The van der Waals surface area contributed by atoms with Crippen LogP contribution in [0.1, 0.15) is 0 Å². The van der Waals surface area contributed by atoms with Crippen molar-refractivity contribution in [3.63, 3.8) is 0 Å². The first-order chi connectivity index (χ1) is 12.8. The van der Waals surface area contributed by atoms with Crippen molar-refractivity contribution in [1.82, 2.24) is 4.98 Å². The van der Waals surface area contributed by atoms with Gasteiger partial charge >= 0.3 is 0 Å². The van der Waals surface area contributed by atoms with Crippen molar-refractivity contribution < 1.29 is 0 Å². The number of nitrogens with one attached hydrogen (secondary N) is 1. The van der Waals surface area contributed by atoms with Crippen LogP contribution in [0.15, 0.2) is 83.3 Å². The maximum Gasteiger partial charge on any atom is 0.0557 e. The molecule has 0 aliphatic rings. The Balaban J connectivity index is 2.05. The van der Waals surface area contributed by atoms with Crippen LogP contribution in [0.4, 0.5) is 0 Å². The standard InChI is InChI=1S/C24H14BrN/c25-15-10-12-21-20(13-15)23-18-8-4-3-7-17(18)19-11-9-14-5-1-2-6-16(14)22(19)24(23)26-21/h1-13,26H. The van der Waals surface area contributed by atoms with Gasteiger partial charge in [0.1, 0.15) is 0 Å². The summed E-state index contributed by atoms with van der Waals surface area (Å²) < 4.78 is 1.10. The average molecular weight is 396 g/mol. The van der Waals surface area contributed by atoms with Crippen molar-refractivity contribution >= 4 is 70.1 Å². The Morgan fingerprint density at radius 2 is 1.27 bits per heavy atom. The Bertz CT molecular complexity index is 1490. The molecule has 1 aromatic heterocycles. The summed E-state index contributed by atoms with van der Waals surface area (Å²) in [6.07, 6.45) is 0. The summed E-state index contributed by atoms with van der Waals surface area (Å²) >= 11 is 3.64. The first-order valence-corrected chi connectivity index (χ1v) is 9.54. The third-order valence-electron chi connectivity index (χ3n) is 5.43. The van der Waals surface area contributed by atoms with Crippen LogP contribution in [0.2, 0.25) is 0 Å². The van der Waals surface area contributed by atoms with Crippen molar-refractivity contribution in [2.45, 2.75) is 0 Å². The van der Waals surface area contributed by atoms with E-state index in [2.05, 4.69) is 99.8 Å². The SMILES string of the molecule is Brc1ccc2[nH]c3c4c5ccccc5ccc4c4ccccc4c3c2c1. The van der Waals surface area contributed by atoms with Gasteiger partial charge in [0, 0.05) is 26.1 Å². The van der Waals surface area contributed by atoms with Crippen LogP contribution in [-0.2, 0) is 0 Å². The molecule has 0 aliphatic carbocycles. The van der Waals surface area contributed by atoms with E-state index in [1.807, 2.05) is 0 Å². The normalized spacial score (nSPS) is 12.0. The molecule has 6 aromatic rings. The summed E-state index contributed by atoms with van der Waals surface area (Å²) in [7, 11) is 0. The molecule has 6 rings (SSSR count). The zero-order valence-corrected chi connectivity index (χ0v) is 15.5. The molecule has 0 spiro atoms. The van der Waals surface area contributed by atoms with Crippen molar-refractivity contribution in [2.75, 3.05) is 0 Å². The molecule has 0 saturated carbocycles. The predicted octanol–water partition coefficient (Wildman–Crippen LogP) is 7.54. The van der Waals surface area contributed by atoms with Gasteiger partial charge in [0.25, 0.3) is 0 Å². The fourth-order valence-electron chi connectivity index (χ4n) is 4.33. The van der Waals surface area contributed by atoms with E-state index >= 15 is 0 Å². The third-order valence-corrected chi connectivity index (χ3v) is 5.92. The lowest BCUT2D eigenvalue weighted by Crippen LogP contribution is -1.83. The summed E-state index contributed by atoms with van der Waals surface area (Å²) in [6.45, 7) is 0. The average Bonchev–Trinajstić information content (AvgIpc) is 3.06. The molecule has 0 amide bonds. The third kappa shape index (κ3) is 1.80.